The van der Waals surface area contributed by atoms with Crippen LogP contribution in [0.3, 0.4) is 0 Å². The highest BCUT2D eigenvalue weighted by Gasteiger charge is 2.48. The molecule has 6 nitrogen and oxygen atoms in total. The summed E-state index contributed by atoms with van der Waals surface area (Å²) in [5.41, 5.74) is 0.690. The molecular weight excluding hydrogens is 421 g/mol. The SMILES string of the molecule is O=C1c2c(O)c(=O)cnn2[C@@H](C(c2cccc(F)c2)c2cccc(Cl)c2)[C@H]2CCCN12. The Bertz CT molecular complexity index is 1200. The minimum atomic E-state index is -0.707. The summed E-state index contributed by atoms with van der Waals surface area (Å²) in [5.74, 6) is -1.82. The second-order valence-electron chi connectivity index (χ2n) is 7.94. The molecule has 8 heteroatoms. The van der Waals surface area contributed by atoms with E-state index in [9.17, 15) is 19.1 Å². The Morgan fingerprint density at radius 2 is 1.87 bits per heavy atom. The van der Waals surface area contributed by atoms with E-state index in [-0.39, 0.29) is 17.6 Å². The monoisotopic (exact) mass is 439 g/mol. The molecule has 158 valence electrons. The zero-order chi connectivity index (χ0) is 21.7. The van der Waals surface area contributed by atoms with Crippen LogP contribution in [-0.2, 0) is 0 Å². The van der Waals surface area contributed by atoms with Crippen molar-refractivity contribution in [2.45, 2.75) is 30.8 Å². The van der Waals surface area contributed by atoms with Crippen LogP contribution in [-0.4, -0.2) is 38.3 Å². The number of halogens is 2. The van der Waals surface area contributed by atoms with Crippen molar-refractivity contribution in [3.05, 3.63) is 92.6 Å². The topological polar surface area (TPSA) is 75.4 Å². The van der Waals surface area contributed by atoms with Crippen molar-refractivity contribution in [1.82, 2.24) is 14.7 Å². The van der Waals surface area contributed by atoms with E-state index in [0.29, 0.717) is 17.1 Å². The van der Waals surface area contributed by atoms with Crippen molar-refractivity contribution in [3.63, 3.8) is 0 Å². The first-order chi connectivity index (χ1) is 15.0. The minimum absolute atomic E-state index is 0.126. The van der Waals surface area contributed by atoms with Gasteiger partial charge >= 0.3 is 0 Å². The first-order valence-corrected chi connectivity index (χ1v) is 10.5. The van der Waals surface area contributed by atoms with Crippen LogP contribution in [0, 0.1) is 5.82 Å². The summed E-state index contributed by atoms with van der Waals surface area (Å²) in [4.78, 5) is 26.9. The Labute approximate surface area is 182 Å². The largest absolute Gasteiger partial charge is 0.502 e. The third-order valence-corrected chi connectivity index (χ3v) is 6.42. The Morgan fingerprint density at radius 1 is 1.13 bits per heavy atom. The summed E-state index contributed by atoms with van der Waals surface area (Å²) in [7, 11) is 0. The zero-order valence-corrected chi connectivity index (χ0v) is 17.2. The van der Waals surface area contributed by atoms with Crippen LogP contribution in [0.2, 0.25) is 5.02 Å². The standard InChI is InChI=1S/C23H19ClFN3O3/c24-15-6-1-4-13(10-15)19(14-5-2-7-16(25)11-14)20-17-8-3-9-27(17)23(31)21-22(30)18(29)12-26-28(20)21/h1-2,4-7,10-12,17,19-20,30H,3,8-9H2/t17-,19?,20-/m1/s1. The highest BCUT2D eigenvalue weighted by Crippen LogP contribution is 2.46. The minimum Gasteiger partial charge on any atom is -0.502 e. The molecule has 1 saturated heterocycles. The van der Waals surface area contributed by atoms with Crippen LogP contribution >= 0.6 is 11.6 Å². The van der Waals surface area contributed by atoms with E-state index in [2.05, 4.69) is 5.10 Å². The number of fused-ring (bicyclic) bond motifs is 2. The number of nitrogens with zero attached hydrogens (tertiary/aromatic N) is 3. The molecule has 31 heavy (non-hydrogen) atoms. The molecule has 2 aliphatic rings. The van der Waals surface area contributed by atoms with Gasteiger partial charge in [0.05, 0.1) is 18.3 Å². The van der Waals surface area contributed by atoms with Gasteiger partial charge in [0, 0.05) is 17.5 Å². The van der Waals surface area contributed by atoms with Gasteiger partial charge in [-0.3, -0.25) is 14.3 Å². The van der Waals surface area contributed by atoms with Crippen molar-refractivity contribution >= 4 is 17.5 Å². The molecule has 2 aromatic carbocycles. The number of rotatable bonds is 3. The second kappa shape index (κ2) is 7.50. The highest BCUT2D eigenvalue weighted by molar-refractivity contribution is 6.30. The van der Waals surface area contributed by atoms with Gasteiger partial charge in [-0.25, -0.2) is 4.39 Å². The first-order valence-electron chi connectivity index (χ1n) is 10.1. The fourth-order valence-electron chi connectivity index (χ4n) is 4.93. The molecule has 2 aliphatic heterocycles. The Kier molecular flexibility index (Phi) is 4.78. The summed E-state index contributed by atoms with van der Waals surface area (Å²) in [6.07, 6.45) is 2.54. The lowest BCUT2D eigenvalue weighted by Crippen LogP contribution is -2.50. The van der Waals surface area contributed by atoms with E-state index in [1.165, 1.54) is 16.8 Å². The van der Waals surface area contributed by atoms with E-state index >= 15 is 0 Å². The molecule has 0 radical (unpaired) electrons. The van der Waals surface area contributed by atoms with Gasteiger partial charge in [-0.05, 0) is 48.2 Å². The lowest BCUT2D eigenvalue weighted by molar-refractivity contribution is 0.0565. The fraction of sp³-hybridized carbons (Fsp3) is 0.261. The van der Waals surface area contributed by atoms with Gasteiger partial charge in [0.1, 0.15) is 5.82 Å². The average molecular weight is 440 g/mol. The van der Waals surface area contributed by atoms with E-state index in [1.54, 1.807) is 17.0 Å². The summed E-state index contributed by atoms with van der Waals surface area (Å²) in [6.45, 7) is 0.522. The van der Waals surface area contributed by atoms with E-state index < -0.39 is 29.0 Å². The number of hydrogen-bond donors (Lipinski definition) is 1. The molecule has 0 bridgehead atoms. The highest BCUT2D eigenvalue weighted by atomic mass is 35.5. The molecule has 1 fully saturated rings. The van der Waals surface area contributed by atoms with Gasteiger partial charge in [-0.1, -0.05) is 35.9 Å². The number of carbonyl (C=O) groups is 1. The number of hydrogen-bond acceptors (Lipinski definition) is 4. The Balaban J connectivity index is 1.79. The summed E-state index contributed by atoms with van der Waals surface area (Å²) >= 11 is 6.28. The maximum absolute atomic E-state index is 14.2. The quantitative estimate of drug-likeness (QED) is 0.674. The molecule has 5 rings (SSSR count). The Morgan fingerprint density at radius 3 is 2.61 bits per heavy atom. The van der Waals surface area contributed by atoms with E-state index in [4.69, 9.17) is 11.6 Å². The molecule has 1 N–H and O–H groups in total. The number of carbonyl (C=O) groups excluding carboxylic acids is 1. The fourth-order valence-corrected chi connectivity index (χ4v) is 5.13. The predicted molar refractivity (Wildman–Crippen MR) is 113 cm³/mol. The second-order valence-corrected chi connectivity index (χ2v) is 8.37. The third-order valence-electron chi connectivity index (χ3n) is 6.18. The van der Waals surface area contributed by atoms with Crippen LogP contribution in [0.25, 0.3) is 0 Å². The van der Waals surface area contributed by atoms with Crippen LogP contribution < -0.4 is 5.43 Å². The van der Waals surface area contributed by atoms with Gasteiger partial charge < -0.3 is 10.0 Å². The molecule has 1 amide bonds. The maximum Gasteiger partial charge on any atom is 0.276 e. The average Bonchev–Trinajstić information content (AvgIpc) is 3.23. The lowest BCUT2D eigenvalue weighted by atomic mass is 9.80. The van der Waals surface area contributed by atoms with Crippen LogP contribution in [0.4, 0.5) is 4.39 Å². The molecule has 0 aliphatic carbocycles. The molecular formula is C23H19ClFN3O3. The number of benzene rings is 2. The number of amides is 1. The van der Waals surface area contributed by atoms with E-state index in [1.807, 2.05) is 24.3 Å². The zero-order valence-electron chi connectivity index (χ0n) is 16.4. The van der Waals surface area contributed by atoms with Crippen LogP contribution in [0.5, 0.6) is 5.75 Å². The maximum atomic E-state index is 14.2. The van der Waals surface area contributed by atoms with Gasteiger partial charge in [-0.2, -0.15) is 5.10 Å². The normalized spacial score (nSPS) is 21.0. The van der Waals surface area contributed by atoms with Crippen molar-refractivity contribution in [3.8, 4) is 5.75 Å². The molecule has 0 spiro atoms. The van der Waals surface area contributed by atoms with Gasteiger partial charge in [0.2, 0.25) is 5.43 Å². The summed E-state index contributed by atoms with van der Waals surface area (Å²) in [5, 5.41) is 15.3. The number of aromatic hydroxyl groups is 1. The molecule has 1 unspecified atom stereocenters. The van der Waals surface area contributed by atoms with Gasteiger partial charge in [0.15, 0.2) is 11.4 Å². The van der Waals surface area contributed by atoms with E-state index in [0.717, 1.165) is 24.6 Å². The number of aromatic nitrogens is 2. The van der Waals surface area contributed by atoms with Gasteiger partial charge in [-0.15, -0.1) is 0 Å². The molecule has 3 heterocycles. The van der Waals surface area contributed by atoms with Crippen molar-refractivity contribution in [2.24, 2.45) is 0 Å². The van der Waals surface area contributed by atoms with Gasteiger partial charge in [0.25, 0.3) is 5.91 Å². The van der Waals surface area contributed by atoms with Crippen molar-refractivity contribution in [1.29, 1.82) is 0 Å². The van der Waals surface area contributed by atoms with Crippen LogP contribution in [0.1, 0.15) is 46.4 Å². The van der Waals surface area contributed by atoms with Crippen LogP contribution in [0.15, 0.2) is 59.5 Å². The first kappa shape index (κ1) is 19.8. The Hall–Kier alpha value is -3.19. The predicted octanol–water partition coefficient (Wildman–Crippen LogP) is 3.73. The van der Waals surface area contributed by atoms with Crippen molar-refractivity contribution < 1.29 is 14.3 Å². The molecule has 1 aromatic heterocycles. The summed E-state index contributed by atoms with van der Waals surface area (Å²) < 4.78 is 15.7. The molecule has 3 aromatic rings. The molecule has 0 saturated carbocycles. The third kappa shape index (κ3) is 3.20. The summed E-state index contributed by atoms with van der Waals surface area (Å²) in [6, 6.07) is 12.9. The molecule has 3 atom stereocenters. The lowest BCUT2D eigenvalue weighted by Gasteiger charge is -2.42. The smallest absolute Gasteiger partial charge is 0.276 e. The van der Waals surface area contributed by atoms with Crippen molar-refractivity contribution in [2.75, 3.05) is 6.54 Å².